The van der Waals surface area contributed by atoms with Gasteiger partial charge in [-0.3, -0.25) is 4.79 Å². The highest BCUT2D eigenvalue weighted by molar-refractivity contribution is 9.10. The van der Waals surface area contributed by atoms with Gasteiger partial charge in [-0.05, 0) is 39.7 Å². The Labute approximate surface area is 81.1 Å². The van der Waals surface area contributed by atoms with Crippen molar-refractivity contribution in [3.05, 3.63) is 28.0 Å². The summed E-state index contributed by atoms with van der Waals surface area (Å²) in [5.74, 6) is -0.986. The van der Waals surface area contributed by atoms with Gasteiger partial charge in [-0.2, -0.15) is 0 Å². The minimum Gasteiger partial charge on any atom is -0.507 e. The monoisotopic (exact) mass is 252 g/mol. The van der Waals surface area contributed by atoms with E-state index in [1.807, 2.05) is 0 Å². The number of carbonyl (C=O) groups excluding carboxylic acids is 1. The number of rotatable bonds is 1. The fourth-order valence-corrected chi connectivity index (χ4v) is 1.15. The molecule has 0 saturated carbocycles. The summed E-state index contributed by atoms with van der Waals surface area (Å²) in [7, 11) is 0. The molecule has 0 aliphatic heterocycles. The van der Waals surface area contributed by atoms with Gasteiger partial charge in [0.15, 0.2) is 0 Å². The SMILES string of the molecule is O=C(Cl)c1cc(O)c(Br)cc1F. The normalized spacial score (nSPS) is 9.92. The molecule has 0 saturated heterocycles. The van der Waals surface area contributed by atoms with Crippen LogP contribution < -0.4 is 0 Å². The Bertz CT molecular complexity index is 340. The van der Waals surface area contributed by atoms with E-state index in [-0.39, 0.29) is 15.8 Å². The summed E-state index contributed by atoms with van der Waals surface area (Å²) >= 11 is 7.91. The van der Waals surface area contributed by atoms with Crippen LogP contribution in [-0.2, 0) is 0 Å². The zero-order chi connectivity index (χ0) is 9.30. The van der Waals surface area contributed by atoms with E-state index in [1.54, 1.807) is 0 Å². The third-order valence-electron chi connectivity index (χ3n) is 1.25. The molecule has 0 amide bonds. The molecule has 0 unspecified atom stereocenters. The first-order valence-electron chi connectivity index (χ1n) is 2.90. The molecule has 0 aliphatic rings. The Morgan fingerprint density at radius 2 is 2.17 bits per heavy atom. The standard InChI is InChI=1S/C7H3BrClFO2/c8-4-2-5(10)3(7(9)12)1-6(4)11/h1-2,11H. The second-order valence-corrected chi connectivity index (χ2v) is 3.25. The van der Waals surface area contributed by atoms with Crippen LogP contribution in [0.5, 0.6) is 5.75 Å². The summed E-state index contributed by atoms with van der Waals surface area (Å²) in [6.07, 6.45) is 0. The minimum atomic E-state index is -0.935. The molecule has 1 N–H and O–H groups in total. The molecule has 1 aromatic carbocycles. The summed E-state index contributed by atoms with van der Waals surface area (Å²) < 4.78 is 13.0. The third-order valence-corrected chi connectivity index (χ3v) is 2.09. The molecule has 0 heterocycles. The number of carbonyl (C=O) groups is 1. The van der Waals surface area contributed by atoms with E-state index in [0.717, 1.165) is 12.1 Å². The Balaban J connectivity index is 3.33. The van der Waals surface area contributed by atoms with Gasteiger partial charge in [0.2, 0.25) is 0 Å². The first kappa shape index (κ1) is 9.48. The van der Waals surface area contributed by atoms with Gasteiger partial charge in [-0.15, -0.1) is 0 Å². The number of hydrogen-bond donors (Lipinski definition) is 1. The van der Waals surface area contributed by atoms with Crippen molar-refractivity contribution in [3.8, 4) is 5.75 Å². The first-order valence-corrected chi connectivity index (χ1v) is 4.07. The van der Waals surface area contributed by atoms with Gasteiger partial charge >= 0.3 is 0 Å². The first-order chi connectivity index (χ1) is 5.52. The van der Waals surface area contributed by atoms with Gasteiger partial charge < -0.3 is 5.11 Å². The van der Waals surface area contributed by atoms with E-state index in [4.69, 9.17) is 16.7 Å². The fourth-order valence-electron chi connectivity index (χ4n) is 0.688. The lowest BCUT2D eigenvalue weighted by Gasteiger charge is -2.00. The van der Waals surface area contributed by atoms with E-state index < -0.39 is 11.1 Å². The van der Waals surface area contributed by atoms with E-state index in [2.05, 4.69) is 15.9 Å². The average Bonchev–Trinajstić information content (AvgIpc) is 1.96. The second kappa shape index (κ2) is 3.41. The van der Waals surface area contributed by atoms with Gasteiger partial charge in [0.1, 0.15) is 11.6 Å². The van der Waals surface area contributed by atoms with Gasteiger partial charge in [-0.25, -0.2) is 4.39 Å². The van der Waals surface area contributed by atoms with Gasteiger partial charge in [0, 0.05) is 0 Å². The maximum Gasteiger partial charge on any atom is 0.255 e. The summed E-state index contributed by atoms with van der Waals surface area (Å²) in [4.78, 5) is 10.5. The van der Waals surface area contributed by atoms with Crippen molar-refractivity contribution < 1.29 is 14.3 Å². The highest BCUT2D eigenvalue weighted by Crippen LogP contribution is 2.27. The van der Waals surface area contributed by atoms with Crippen LogP contribution in [0.1, 0.15) is 10.4 Å². The van der Waals surface area contributed by atoms with Crippen molar-refractivity contribution in [2.75, 3.05) is 0 Å². The molecule has 0 fully saturated rings. The van der Waals surface area contributed by atoms with Crippen molar-refractivity contribution >= 4 is 32.8 Å². The Hall–Kier alpha value is -0.610. The fraction of sp³-hybridized carbons (Fsp3) is 0. The number of hydrogen-bond acceptors (Lipinski definition) is 2. The molecular weight excluding hydrogens is 250 g/mol. The Morgan fingerprint density at radius 3 is 2.67 bits per heavy atom. The molecule has 0 spiro atoms. The van der Waals surface area contributed by atoms with Crippen molar-refractivity contribution in [2.24, 2.45) is 0 Å². The average molecular weight is 253 g/mol. The second-order valence-electron chi connectivity index (χ2n) is 2.06. The molecular formula is C7H3BrClFO2. The Morgan fingerprint density at radius 1 is 1.58 bits per heavy atom. The topological polar surface area (TPSA) is 37.3 Å². The van der Waals surface area contributed by atoms with Crippen LogP contribution in [-0.4, -0.2) is 10.3 Å². The lowest BCUT2D eigenvalue weighted by molar-refractivity contribution is 0.107. The van der Waals surface area contributed by atoms with E-state index in [0.29, 0.717) is 0 Å². The number of aromatic hydroxyl groups is 1. The van der Waals surface area contributed by atoms with Crippen LogP contribution in [0.4, 0.5) is 4.39 Å². The molecule has 0 bridgehead atoms. The van der Waals surface area contributed by atoms with Crippen molar-refractivity contribution in [1.82, 2.24) is 0 Å². The molecule has 1 aromatic rings. The summed E-state index contributed by atoms with van der Waals surface area (Å²) in [5.41, 5.74) is -0.336. The molecule has 5 heteroatoms. The summed E-state index contributed by atoms with van der Waals surface area (Å²) in [6, 6.07) is 1.94. The summed E-state index contributed by atoms with van der Waals surface area (Å²) in [6.45, 7) is 0. The molecule has 12 heavy (non-hydrogen) atoms. The lowest BCUT2D eigenvalue weighted by Crippen LogP contribution is -1.93. The van der Waals surface area contributed by atoms with E-state index in [1.165, 1.54) is 0 Å². The van der Waals surface area contributed by atoms with E-state index >= 15 is 0 Å². The van der Waals surface area contributed by atoms with Gasteiger partial charge in [-0.1, -0.05) is 0 Å². The number of benzene rings is 1. The predicted octanol–water partition coefficient (Wildman–Crippen LogP) is 2.67. The maximum absolute atomic E-state index is 12.8. The van der Waals surface area contributed by atoms with Crippen LogP contribution in [0.2, 0.25) is 0 Å². The third kappa shape index (κ3) is 1.76. The maximum atomic E-state index is 12.8. The zero-order valence-electron chi connectivity index (χ0n) is 5.64. The predicted molar refractivity (Wildman–Crippen MR) is 45.9 cm³/mol. The van der Waals surface area contributed by atoms with Crippen LogP contribution in [0.25, 0.3) is 0 Å². The molecule has 0 radical (unpaired) electrons. The van der Waals surface area contributed by atoms with Gasteiger partial charge in [0.05, 0.1) is 10.0 Å². The number of phenols is 1. The highest BCUT2D eigenvalue weighted by atomic mass is 79.9. The van der Waals surface area contributed by atoms with Crippen molar-refractivity contribution in [3.63, 3.8) is 0 Å². The van der Waals surface area contributed by atoms with Gasteiger partial charge in [0.25, 0.3) is 5.24 Å². The minimum absolute atomic E-state index is 0.182. The van der Waals surface area contributed by atoms with Crippen LogP contribution in [0, 0.1) is 5.82 Å². The number of phenolic OH excluding ortho intramolecular Hbond substituents is 1. The highest BCUT2D eigenvalue weighted by Gasteiger charge is 2.12. The van der Waals surface area contributed by atoms with Crippen molar-refractivity contribution in [1.29, 1.82) is 0 Å². The van der Waals surface area contributed by atoms with E-state index in [9.17, 15) is 9.18 Å². The molecule has 0 atom stereocenters. The molecule has 0 aromatic heterocycles. The summed E-state index contributed by atoms with van der Waals surface area (Å²) in [5, 5.41) is 8.11. The molecule has 0 aliphatic carbocycles. The molecule has 1 rings (SSSR count). The quantitative estimate of drug-likeness (QED) is 0.781. The zero-order valence-corrected chi connectivity index (χ0v) is 7.99. The van der Waals surface area contributed by atoms with Crippen LogP contribution >= 0.6 is 27.5 Å². The van der Waals surface area contributed by atoms with Crippen LogP contribution in [0.3, 0.4) is 0 Å². The Kier molecular flexibility index (Phi) is 2.69. The molecule has 2 nitrogen and oxygen atoms in total. The van der Waals surface area contributed by atoms with Crippen LogP contribution in [0.15, 0.2) is 16.6 Å². The number of halogens is 3. The lowest BCUT2D eigenvalue weighted by atomic mass is 10.2. The smallest absolute Gasteiger partial charge is 0.255 e. The molecule has 64 valence electrons. The largest absolute Gasteiger partial charge is 0.507 e. The van der Waals surface area contributed by atoms with Crippen molar-refractivity contribution in [2.45, 2.75) is 0 Å².